The van der Waals surface area contributed by atoms with Crippen LogP contribution in [0.5, 0.6) is 0 Å². The maximum Gasteiger partial charge on any atom is 0.305 e. The third kappa shape index (κ3) is 1.46. The Kier molecular flexibility index (Phi) is 2.38. The molecule has 1 aliphatic rings. The molecule has 0 amide bonds. The molecular formula is C10H10F2N2O2. The summed E-state index contributed by atoms with van der Waals surface area (Å²) in [4.78, 5) is 9.68. The van der Waals surface area contributed by atoms with Gasteiger partial charge in [0.2, 0.25) is 5.82 Å². The van der Waals surface area contributed by atoms with Crippen molar-refractivity contribution >= 4 is 5.69 Å². The van der Waals surface area contributed by atoms with Crippen molar-refractivity contribution in [3.8, 4) is 0 Å². The van der Waals surface area contributed by atoms with E-state index in [-0.39, 0.29) is 12.1 Å². The van der Waals surface area contributed by atoms with Crippen molar-refractivity contribution in [3.05, 3.63) is 39.4 Å². The van der Waals surface area contributed by atoms with Gasteiger partial charge in [0.15, 0.2) is 0 Å². The monoisotopic (exact) mass is 228 g/mol. The smallest absolute Gasteiger partial charge is 0.305 e. The van der Waals surface area contributed by atoms with Crippen LogP contribution < -0.4 is 5.73 Å². The van der Waals surface area contributed by atoms with E-state index in [0.717, 1.165) is 12.1 Å². The number of nitrogens with zero attached hydrogens (tertiary/aromatic N) is 1. The van der Waals surface area contributed by atoms with Crippen LogP contribution >= 0.6 is 0 Å². The minimum Gasteiger partial charge on any atom is -0.330 e. The molecule has 0 heterocycles. The van der Waals surface area contributed by atoms with Gasteiger partial charge in [-0.1, -0.05) is 0 Å². The van der Waals surface area contributed by atoms with Crippen LogP contribution in [0.4, 0.5) is 14.5 Å². The second-order valence-corrected chi connectivity index (χ2v) is 4.00. The molecule has 0 saturated heterocycles. The molecule has 1 aromatic carbocycles. The van der Waals surface area contributed by atoms with Crippen LogP contribution in [0.2, 0.25) is 0 Å². The predicted molar refractivity (Wildman–Crippen MR) is 53.0 cm³/mol. The first kappa shape index (κ1) is 10.9. The van der Waals surface area contributed by atoms with E-state index in [4.69, 9.17) is 5.73 Å². The van der Waals surface area contributed by atoms with Crippen molar-refractivity contribution in [3.63, 3.8) is 0 Å². The standard InChI is InChI=1S/C10H10F2N2O2/c11-6-1-2-7(14(15)16)9(12)8(6)10(5-13)3-4-10/h1-2H,3-5,13H2. The average Bonchev–Trinajstić information content (AvgIpc) is 2.98. The topological polar surface area (TPSA) is 69.2 Å². The first-order valence-corrected chi connectivity index (χ1v) is 4.85. The van der Waals surface area contributed by atoms with E-state index in [1.165, 1.54) is 0 Å². The lowest BCUT2D eigenvalue weighted by Crippen LogP contribution is -2.23. The highest BCUT2D eigenvalue weighted by atomic mass is 19.1. The summed E-state index contributed by atoms with van der Waals surface area (Å²) in [7, 11) is 0. The molecule has 0 bridgehead atoms. The molecule has 0 aromatic heterocycles. The van der Waals surface area contributed by atoms with Gasteiger partial charge in [0.1, 0.15) is 5.82 Å². The van der Waals surface area contributed by atoms with Crippen LogP contribution in [0.25, 0.3) is 0 Å². The third-order valence-electron chi connectivity index (χ3n) is 3.04. The number of halogens is 2. The summed E-state index contributed by atoms with van der Waals surface area (Å²) >= 11 is 0. The Labute approximate surface area is 90.2 Å². The van der Waals surface area contributed by atoms with Gasteiger partial charge in [-0.2, -0.15) is 4.39 Å². The number of benzene rings is 1. The van der Waals surface area contributed by atoms with Crippen LogP contribution in [0.3, 0.4) is 0 Å². The van der Waals surface area contributed by atoms with Gasteiger partial charge in [0, 0.05) is 23.6 Å². The van der Waals surface area contributed by atoms with Gasteiger partial charge in [-0.3, -0.25) is 10.1 Å². The molecule has 0 atom stereocenters. The van der Waals surface area contributed by atoms with Crippen LogP contribution in [0.1, 0.15) is 18.4 Å². The van der Waals surface area contributed by atoms with E-state index >= 15 is 0 Å². The number of hydrogen-bond acceptors (Lipinski definition) is 3. The van der Waals surface area contributed by atoms with E-state index in [1.807, 2.05) is 0 Å². The summed E-state index contributed by atoms with van der Waals surface area (Å²) in [6.07, 6.45) is 1.14. The van der Waals surface area contributed by atoms with Crippen LogP contribution in [0, 0.1) is 21.7 Å². The Morgan fingerprint density at radius 1 is 1.44 bits per heavy atom. The molecule has 16 heavy (non-hydrogen) atoms. The molecule has 2 N–H and O–H groups in total. The Hall–Kier alpha value is -1.56. The fourth-order valence-electron chi connectivity index (χ4n) is 1.88. The fraction of sp³-hybridized carbons (Fsp3) is 0.400. The van der Waals surface area contributed by atoms with Gasteiger partial charge < -0.3 is 5.73 Å². The van der Waals surface area contributed by atoms with Gasteiger partial charge in [-0.25, -0.2) is 4.39 Å². The lowest BCUT2D eigenvalue weighted by Gasteiger charge is -2.14. The van der Waals surface area contributed by atoms with Crippen LogP contribution in [0.15, 0.2) is 12.1 Å². The highest BCUT2D eigenvalue weighted by Crippen LogP contribution is 2.50. The molecule has 0 radical (unpaired) electrons. The van der Waals surface area contributed by atoms with Crippen molar-refractivity contribution in [2.24, 2.45) is 5.73 Å². The molecule has 0 unspecified atom stereocenters. The summed E-state index contributed by atoms with van der Waals surface area (Å²) in [6, 6.07) is 1.76. The molecule has 1 fully saturated rings. The van der Waals surface area contributed by atoms with Gasteiger partial charge >= 0.3 is 5.69 Å². The highest BCUT2D eigenvalue weighted by Gasteiger charge is 2.48. The van der Waals surface area contributed by atoms with E-state index < -0.39 is 27.7 Å². The fourth-order valence-corrected chi connectivity index (χ4v) is 1.88. The Bertz CT molecular complexity index is 458. The molecule has 4 nitrogen and oxygen atoms in total. The number of nitro benzene ring substituents is 1. The molecule has 1 aliphatic carbocycles. The molecule has 86 valence electrons. The minimum absolute atomic E-state index is 0.0992. The van der Waals surface area contributed by atoms with E-state index in [1.54, 1.807) is 0 Å². The zero-order chi connectivity index (χ0) is 11.9. The normalized spacial score (nSPS) is 17.2. The largest absolute Gasteiger partial charge is 0.330 e. The quantitative estimate of drug-likeness (QED) is 0.634. The molecular weight excluding hydrogens is 218 g/mol. The van der Waals surface area contributed by atoms with E-state index in [2.05, 4.69) is 0 Å². The molecule has 0 spiro atoms. The molecule has 1 aromatic rings. The predicted octanol–water partition coefficient (Wildman–Crippen LogP) is 1.86. The lowest BCUT2D eigenvalue weighted by molar-refractivity contribution is -0.387. The molecule has 1 saturated carbocycles. The summed E-state index contributed by atoms with van der Waals surface area (Å²) in [5.41, 5.74) is 3.80. The van der Waals surface area contributed by atoms with Gasteiger partial charge in [-0.05, 0) is 18.9 Å². The highest BCUT2D eigenvalue weighted by molar-refractivity contribution is 5.44. The number of hydrogen-bond donors (Lipinski definition) is 1. The second kappa shape index (κ2) is 3.48. The SMILES string of the molecule is NCC1(c2c(F)ccc([N+](=O)[O-])c2F)CC1. The first-order valence-electron chi connectivity index (χ1n) is 4.85. The minimum atomic E-state index is -1.09. The van der Waals surface area contributed by atoms with E-state index in [0.29, 0.717) is 12.8 Å². The van der Waals surface area contributed by atoms with Crippen molar-refractivity contribution in [1.29, 1.82) is 0 Å². The Morgan fingerprint density at radius 3 is 2.50 bits per heavy atom. The first-order chi connectivity index (χ1) is 7.52. The maximum absolute atomic E-state index is 13.8. The summed E-state index contributed by atoms with van der Waals surface area (Å²) in [5, 5.41) is 10.5. The zero-order valence-electron chi connectivity index (χ0n) is 8.37. The van der Waals surface area contributed by atoms with Crippen molar-refractivity contribution in [1.82, 2.24) is 0 Å². The second-order valence-electron chi connectivity index (χ2n) is 4.00. The summed E-state index contributed by atoms with van der Waals surface area (Å²) < 4.78 is 27.3. The zero-order valence-corrected chi connectivity index (χ0v) is 8.37. The van der Waals surface area contributed by atoms with Crippen molar-refractivity contribution in [2.45, 2.75) is 18.3 Å². The van der Waals surface area contributed by atoms with Gasteiger partial charge in [0.25, 0.3) is 0 Å². The van der Waals surface area contributed by atoms with Crippen LogP contribution in [-0.4, -0.2) is 11.5 Å². The molecule has 0 aliphatic heterocycles. The molecule has 6 heteroatoms. The summed E-state index contributed by atoms with van der Waals surface area (Å²) in [6.45, 7) is 0.0992. The summed E-state index contributed by atoms with van der Waals surface area (Å²) in [5.74, 6) is -1.85. The van der Waals surface area contributed by atoms with Crippen molar-refractivity contribution in [2.75, 3.05) is 6.54 Å². The van der Waals surface area contributed by atoms with E-state index in [9.17, 15) is 18.9 Å². The van der Waals surface area contributed by atoms with Crippen LogP contribution in [-0.2, 0) is 5.41 Å². The third-order valence-corrected chi connectivity index (χ3v) is 3.04. The molecule has 2 rings (SSSR count). The lowest BCUT2D eigenvalue weighted by atomic mass is 9.94. The number of nitrogens with two attached hydrogens (primary N) is 1. The number of rotatable bonds is 3. The Balaban J connectivity index is 2.60. The maximum atomic E-state index is 13.8. The van der Waals surface area contributed by atoms with Gasteiger partial charge in [-0.15, -0.1) is 0 Å². The Morgan fingerprint density at radius 2 is 2.06 bits per heavy atom. The average molecular weight is 228 g/mol. The van der Waals surface area contributed by atoms with Gasteiger partial charge in [0.05, 0.1) is 4.92 Å². The van der Waals surface area contributed by atoms with Crippen molar-refractivity contribution < 1.29 is 13.7 Å². The number of nitro groups is 1.